The zero-order chi connectivity index (χ0) is 19.9. The summed E-state index contributed by atoms with van der Waals surface area (Å²) in [5.41, 5.74) is -0.0540. The molecule has 0 bridgehead atoms. The third-order valence-electron chi connectivity index (χ3n) is 3.89. The molecule has 1 aromatic carbocycles. The largest absolute Gasteiger partial charge is 0.573 e. The summed E-state index contributed by atoms with van der Waals surface area (Å²) in [6.07, 6.45) is -4.87. The lowest BCUT2D eigenvalue weighted by Crippen LogP contribution is -2.63. The van der Waals surface area contributed by atoms with Gasteiger partial charge in [0, 0.05) is 19.8 Å². The van der Waals surface area contributed by atoms with Crippen molar-refractivity contribution in [1.29, 1.82) is 0 Å². The average Bonchev–Trinajstić information content (AvgIpc) is 2.51. The number of sulfonamides is 1. The van der Waals surface area contributed by atoms with Crippen molar-refractivity contribution in [1.82, 2.24) is 9.80 Å². The second-order valence-electron chi connectivity index (χ2n) is 5.67. The maximum atomic E-state index is 12.6. The number of halogens is 3. The molecule has 0 aliphatic carbocycles. The van der Waals surface area contributed by atoms with E-state index in [0.717, 1.165) is 29.2 Å². The van der Waals surface area contributed by atoms with Crippen LogP contribution in [0.15, 0.2) is 24.3 Å². The Hall–Kier alpha value is -2.50. The smallest absolute Gasteiger partial charge is 0.406 e. The molecule has 1 saturated heterocycles. The topological polar surface area (TPSA) is 96.0 Å². The highest BCUT2D eigenvalue weighted by Crippen LogP contribution is 2.26. The monoisotopic (exact) mass is 395 g/mol. The van der Waals surface area contributed by atoms with Crippen molar-refractivity contribution >= 4 is 27.6 Å². The van der Waals surface area contributed by atoms with E-state index in [1.807, 2.05) is 0 Å². The lowest BCUT2D eigenvalue weighted by atomic mass is 10.1. The summed E-state index contributed by atoms with van der Waals surface area (Å²) in [5, 5.41) is -1.57. The van der Waals surface area contributed by atoms with Gasteiger partial charge in [-0.05, 0) is 31.2 Å². The fourth-order valence-electron chi connectivity index (χ4n) is 2.45. The van der Waals surface area contributed by atoms with Gasteiger partial charge in [-0.15, -0.1) is 13.2 Å². The Morgan fingerprint density at radius 2 is 1.65 bits per heavy atom. The summed E-state index contributed by atoms with van der Waals surface area (Å²) in [6, 6.07) is 2.42. The van der Waals surface area contributed by atoms with E-state index < -0.39 is 45.4 Å². The first-order chi connectivity index (χ1) is 11.8. The number of alkyl halides is 3. The van der Waals surface area contributed by atoms with Crippen LogP contribution in [-0.4, -0.2) is 61.9 Å². The first-order valence-electron chi connectivity index (χ1n) is 7.25. The van der Waals surface area contributed by atoms with Gasteiger partial charge < -0.3 is 9.64 Å². The number of urea groups is 1. The van der Waals surface area contributed by atoms with Crippen molar-refractivity contribution in [3.63, 3.8) is 0 Å². The van der Waals surface area contributed by atoms with Crippen LogP contribution < -0.4 is 9.46 Å². The van der Waals surface area contributed by atoms with E-state index in [9.17, 15) is 31.2 Å². The Morgan fingerprint density at radius 1 is 1.12 bits per heavy atom. The van der Waals surface area contributed by atoms with E-state index in [1.54, 1.807) is 0 Å². The zero-order valence-electron chi connectivity index (χ0n) is 13.9. The van der Waals surface area contributed by atoms with Crippen LogP contribution in [0.25, 0.3) is 0 Å². The molecular weight excluding hydrogens is 379 g/mol. The zero-order valence-corrected chi connectivity index (χ0v) is 14.8. The maximum absolute atomic E-state index is 12.6. The highest BCUT2D eigenvalue weighted by molar-refractivity contribution is 7.94. The molecule has 1 heterocycles. The van der Waals surface area contributed by atoms with E-state index in [2.05, 4.69) is 9.46 Å². The Balaban J connectivity index is 2.22. The second-order valence-corrected chi connectivity index (χ2v) is 7.47. The molecular formula is C14H16F3N3O5S. The third kappa shape index (κ3) is 4.00. The van der Waals surface area contributed by atoms with Gasteiger partial charge in [-0.3, -0.25) is 14.4 Å². The fourth-order valence-corrected chi connectivity index (χ4v) is 4.17. The van der Waals surface area contributed by atoms with E-state index in [-0.39, 0.29) is 5.69 Å². The molecule has 1 aliphatic rings. The third-order valence-corrected chi connectivity index (χ3v) is 5.68. The van der Waals surface area contributed by atoms with Gasteiger partial charge in [0.05, 0.1) is 6.04 Å². The van der Waals surface area contributed by atoms with Crippen LogP contribution in [0, 0.1) is 0 Å². The summed E-state index contributed by atoms with van der Waals surface area (Å²) in [7, 11) is -1.74. The number of hydrogen-bond acceptors (Lipinski definition) is 5. The molecule has 26 heavy (non-hydrogen) atoms. The highest BCUT2D eigenvalue weighted by Gasteiger charge is 2.48. The molecule has 12 heteroatoms. The van der Waals surface area contributed by atoms with Crippen molar-refractivity contribution in [2.45, 2.75) is 24.6 Å². The number of benzene rings is 1. The quantitative estimate of drug-likeness (QED) is 0.836. The van der Waals surface area contributed by atoms with Crippen molar-refractivity contribution < 1.29 is 35.9 Å². The molecule has 1 aromatic rings. The number of anilines is 1. The van der Waals surface area contributed by atoms with E-state index in [1.165, 1.54) is 21.0 Å². The summed E-state index contributed by atoms with van der Waals surface area (Å²) < 4.78 is 67.4. The van der Waals surface area contributed by atoms with Gasteiger partial charge in [-0.1, -0.05) is 0 Å². The Bertz CT molecular complexity index is 810. The molecule has 1 aliphatic heterocycles. The molecule has 1 N–H and O–H groups in total. The van der Waals surface area contributed by atoms with E-state index in [4.69, 9.17) is 0 Å². The van der Waals surface area contributed by atoms with Crippen LogP contribution in [0.5, 0.6) is 5.75 Å². The van der Waals surface area contributed by atoms with Crippen molar-refractivity contribution in [2.24, 2.45) is 0 Å². The van der Waals surface area contributed by atoms with Crippen LogP contribution in [0.4, 0.5) is 23.7 Å². The number of carbonyl (C=O) groups is 2. The van der Waals surface area contributed by atoms with Gasteiger partial charge in [-0.2, -0.15) is 0 Å². The number of ether oxygens (including phenoxy) is 1. The number of nitrogens with one attached hydrogen (secondary N) is 1. The summed E-state index contributed by atoms with van der Waals surface area (Å²) in [4.78, 5) is 25.9. The van der Waals surface area contributed by atoms with Crippen LogP contribution in [0.3, 0.4) is 0 Å². The number of imide groups is 1. The van der Waals surface area contributed by atoms with Gasteiger partial charge in [0.25, 0.3) is 5.91 Å². The minimum atomic E-state index is -4.87. The molecule has 0 spiro atoms. The Kier molecular flexibility index (Phi) is 5.08. The Morgan fingerprint density at radius 3 is 2.15 bits per heavy atom. The summed E-state index contributed by atoms with van der Waals surface area (Å²) in [6.45, 7) is 1.41. The minimum absolute atomic E-state index is 0.0540. The van der Waals surface area contributed by atoms with Gasteiger partial charge in [0.15, 0.2) is 5.25 Å². The lowest BCUT2D eigenvalue weighted by molar-refractivity contribution is -0.274. The number of nitrogens with zero attached hydrogens (tertiary/aromatic N) is 2. The van der Waals surface area contributed by atoms with E-state index >= 15 is 0 Å². The summed E-state index contributed by atoms with van der Waals surface area (Å²) >= 11 is 0. The Labute approximate surface area is 147 Å². The van der Waals surface area contributed by atoms with Gasteiger partial charge in [-0.25, -0.2) is 13.2 Å². The molecule has 2 rings (SSSR count). The molecule has 1 fully saturated rings. The molecule has 8 nitrogen and oxygen atoms in total. The SMILES string of the molecule is CC1C(S(=O)(=O)Nc2ccc(OC(F)(F)F)cc2)C(=O)N(C)C(=O)N1C. The standard InChI is InChI=1S/C14H16F3N3O5S/c1-8-11(12(21)20(3)13(22)19(8)2)26(23,24)18-9-4-6-10(7-5-9)25-14(15,16)17/h4-8,11,18H,1-3H3. The van der Waals surface area contributed by atoms with Crippen molar-refractivity contribution in [2.75, 3.05) is 18.8 Å². The fraction of sp³-hybridized carbons (Fsp3) is 0.429. The summed E-state index contributed by atoms with van der Waals surface area (Å²) in [5.74, 6) is -1.42. The first kappa shape index (κ1) is 19.8. The predicted molar refractivity (Wildman–Crippen MR) is 84.8 cm³/mol. The number of carbonyl (C=O) groups excluding carboxylic acids is 2. The molecule has 0 radical (unpaired) electrons. The van der Waals surface area contributed by atoms with Crippen LogP contribution in [-0.2, 0) is 14.8 Å². The van der Waals surface area contributed by atoms with Crippen molar-refractivity contribution in [3.05, 3.63) is 24.3 Å². The normalized spacial score (nSPS) is 21.8. The molecule has 2 unspecified atom stereocenters. The van der Waals surface area contributed by atoms with E-state index in [0.29, 0.717) is 4.90 Å². The van der Waals surface area contributed by atoms with Gasteiger partial charge >= 0.3 is 12.4 Å². The lowest BCUT2D eigenvalue weighted by Gasteiger charge is -2.39. The van der Waals surface area contributed by atoms with Gasteiger partial charge in [0.1, 0.15) is 5.75 Å². The molecule has 2 atom stereocenters. The number of rotatable bonds is 4. The minimum Gasteiger partial charge on any atom is -0.406 e. The molecule has 0 saturated carbocycles. The maximum Gasteiger partial charge on any atom is 0.573 e. The van der Waals surface area contributed by atoms with Crippen LogP contribution in [0.1, 0.15) is 6.92 Å². The predicted octanol–water partition coefficient (Wildman–Crippen LogP) is 1.61. The highest BCUT2D eigenvalue weighted by atomic mass is 32.2. The molecule has 0 aromatic heterocycles. The number of amides is 3. The average molecular weight is 395 g/mol. The van der Waals surface area contributed by atoms with Gasteiger partial charge in [0.2, 0.25) is 10.0 Å². The molecule has 144 valence electrons. The molecule has 3 amide bonds. The van der Waals surface area contributed by atoms with Crippen molar-refractivity contribution in [3.8, 4) is 5.75 Å². The van der Waals surface area contributed by atoms with Crippen LogP contribution in [0.2, 0.25) is 0 Å². The van der Waals surface area contributed by atoms with Crippen LogP contribution >= 0.6 is 0 Å². The first-order valence-corrected chi connectivity index (χ1v) is 8.80. The second kappa shape index (κ2) is 6.67. The number of hydrogen-bond donors (Lipinski definition) is 1.